The van der Waals surface area contributed by atoms with E-state index in [0.717, 1.165) is 39.9 Å². The third-order valence-corrected chi connectivity index (χ3v) is 7.46. The zero-order chi connectivity index (χ0) is 19.7. The fourth-order valence-corrected chi connectivity index (χ4v) is 6.18. The number of carbonyl (C=O) groups excluding carboxylic acids is 1. The molecule has 28 heavy (non-hydrogen) atoms. The van der Waals surface area contributed by atoms with E-state index in [1.165, 1.54) is 22.2 Å². The van der Waals surface area contributed by atoms with Crippen LogP contribution in [0.3, 0.4) is 0 Å². The molecule has 2 heterocycles. The Bertz CT molecular complexity index is 1010. The van der Waals surface area contributed by atoms with E-state index >= 15 is 0 Å². The van der Waals surface area contributed by atoms with E-state index < -0.39 is 0 Å². The number of thioether (sulfide) groups is 1. The van der Waals surface area contributed by atoms with Gasteiger partial charge in [0.05, 0.1) is 5.75 Å². The molecule has 1 aliphatic carbocycles. The summed E-state index contributed by atoms with van der Waals surface area (Å²) in [5, 5.41) is 2.14. The molecule has 2 aromatic heterocycles. The fourth-order valence-electron chi connectivity index (χ4n) is 3.86. The first kappa shape index (κ1) is 19.4. The normalized spacial score (nSPS) is 16.2. The average Bonchev–Trinajstić information content (AvgIpc) is 3.05. The zero-order valence-electron chi connectivity index (χ0n) is 16.6. The van der Waals surface area contributed by atoms with Crippen LogP contribution in [-0.4, -0.2) is 28.2 Å². The summed E-state index contributed by atoms with van der Waals surface area (Å²) in [5.41, 5.74) is 3.54. The Labute approximate surface area is 174 Å². The minimum absolute atomic E-state index is 0.114. The van der Waals surface area contributed by atoms with Crippen LogP contribution in [0.4, 0.5) is 5.69 Å². The number of hydrogen-bond donors (Lipinski definition) is 0. The van der Waals surface area contributed by atoms with Gasteiger partial charge in [0, 0.05) is 22.5 Å². The second-order valence-electron chi connectivity index (χ2n) is 7.48. The number of nitrogens with zero attached hydrogens (tertiary/aromatic N) is 3. The van der Waals surface area contributed by atoms with Crippen LogP contribution in [0.15, 0.2) is 35.6 Å². The molecular weight excluding hydrogens is 386 g/mol. The molecule has 146 valence electrons. The number of aryl methyl sites for hydroxylation is 2. The molecule has 1 atom stereocenters. The highest BCUT2D eigenvalue weighted by atomic mass is 32.2. The summed E-state index contributed by atoms with van der Waals surface area (Å²) in [7, 11) is 0. The first-order valence-corrected chi connectivity index (χ1v) is 11.6. The number of thiophene rings is 1. The molecule has 1 amide bonds. The molecule has 4 rings (SSSR count). The van der Waals surface area contributed by atoms with E-state index in [4.69, 9.17) is 0 Å². The highest BCUT2D eigenvalue weighted by molar-refractivity contribution is 8.00. The lowest BCUT2D eigenvalue weighted by Gasteiger charge is -2.21. The molecule has 0 bridgehead atoms. The second kappa shape index (κ2) is 8.21. The summed E-state index contributed by atoms with van der Waals surface area (Å²) in [5.74, 6) is 1.23. The van der Waals surface area contributed by atoms with E-state index in [-0.39, 0.29) is 5.91 Å². The average molecular weight is 412 g/mol. The third kappa shape index (κ3) is 3.80. The molecule has 1 unspecified atom stereocenters. The molecule has 4 nitrogen and oxygen atoms in total. The fraction of sp³-hybridized carbons (Fsp3) is 0.409. The number of aromatic nitrogens is 2. The van der Waals surface area contributed by atoms with Gasteiger partial charge in [-0.05, 0) is 62.3 Å². The van der Waals surface area contributed by atoms with Gasteiger partial charge in [0.25, 0.3) is 0 Å². The molecule has 0 saturated heterocycles. The lowest BCUT2D eigenvalue weighted by atomic mass is 9.89. The first-order valence-electron chi connectivity index (χ1n) is 9.82. The van der Waals surface area contributed by atoms with Crippen molar-refractivity contribution in [3.63, 3.8) is 0 Å². The number of rotatable bonds is 5. The highest BCUT2D eigenvalue weighted by Gasteiger charge is 2.24. The molecule has 6 heteroatoms. The molecule has 0 aliphatic heterocycles. The van der Waals surface area contributed by atoms with E-state index in [1.54, 1.807) is 29.4 Å². The Morgan fingerprint density at radius 3 is 3.00 bits per heavy atom. The summed E-state index contributed by atoms with van der Waals surface area (Å²) >= 11 is 3.34. The molecule has 0 radical (unpaired) electrons. The maximum absolute atomic E-state index is 12.9. The molecular formula is C22H25N3OS2. The molecule has 0 N–H and O–H groups in total. The predicted octanol–water partition coefficient (Wildman–Crippen LogP) is 5.27. The molecule has 0 spiro atoms. The van der Waals surface area contributed by atoms with Crippen molar-refractivity contribution >= 4 is 44.9 Å². The van der Waals surface area contributed by atoms with Gasteiger partial charge in [-0.2, -0.15) is 0 Å². The Kier molecular flexibility index (Phi) is 5.69. The number of anilines is 1. The van der Waals surface area contributed by atoms with Crippen molar-refractivity contribution in [3.8, 4) is 0 Å². The van der Waals surface area contributed by atoms with Crippen LogP contribution in [0, 0.1) is 12.8 Å². The van der Waals surface area contributed by atoms with Crippen LogP contribution in [-0.2, 0) is 17.6 Å². The third-order valence-electron chi connectivity index (χ3n) is 5.32. The molecule has 3 aromatic rings. The summed E-state index contributed by atoms with van der Waals surface area (Å²) in [6.45, 7) is 7.05. The molecule has 0 saturated carbocycles. The number of carbonyl (C=O) groups is 1. The smallest absolute Gasteiger partial charge is 0.237 e. The summed E-state index contributed by atoms with van der Waals surface area (Å²) in [6, 6.07) is 8.11. The largest absolute Gasteiger partial charge is 0.312 e. The van der Waals surface area contributed by atoms with Crippen molar-refractivity contribution in [1.29, 1.82) is 0 Å². The summed E-state index contributed by atoms with van der Waals surface area (Å²) < 4.78 is 0. The van der Waals surface area contributed by atoms with Gasteiger partial charge in [-0.1, -0.05) is 30.8 Å². The van der Waals surface area contributed by atoms with Gasteiger partial charge in [0.15, 0.2) is 0 Å². The van der Waals surface area contributed by atoms with Crippen LogP contribution in [0.2, 0.25) is 0 Å². The van der Waals surface area contributed by atoms with E-state index in [2.05, 4.69) is 35.9 Å². The highest BCUT2D eigenvalue weighted by Crippen LogP contribution is 2.40. The van der Waals surface area contributed by atoms with Gasteiger partial charge in [-0.15, -0.1) is 11.3 Å². The minimum Gasteiger partial charge on any atom is -0.312 e. The lowest BCUT2D eigenvalue weighted by Crippen LogP contribution is -2.32. The van der Waals surface area contributed by atoms with Crippen LogP contribution in [0.5, 0.6) is 0 Å². The zero-order valence-corrected chi connectivity index (χ0v) is 18.2. The van der Waals surface area contributed by atoms with Crippen molar-refractivity contribution in [1.82, 2.24) is 9.97 Å². The predicted molar refractivity (Wildman–Crippen MR) is 119 cm³/mol. The lowest BCUT2D eigenvalue weighted by molar-refractivity contribution is -0.116. The van der Waals surface area contributed by atoms with Gasteiger partial charge in [0.1, 0.15) is 16.2 Å². The van der Waals surface area contributed by atoms with E-state index in [9.17, 15) is 4.79 Å². The molecule has 1 aromatic carbocycles. The van der Waals surface area contributed by atoms with E-state index in [1.807, 2.05) is 24.0 Å². The van der Waals surface area contributed by atoms with Crippen LogP contribution in [0.25, 0.3) is 10.2 Å². The van der Waals surface area contributed by atoms with Crippen molar-refractivity contribution in [2.75, 3.05) is 17.2 Å². The number of hydrogen-bond acceptors (Lipinski definition) is 5. The molecule has 0 fully saturated rings. The maximum Gasteiger partial charge on any atom is 0.237 e. The Morgan fingerprint density at radius 1 is 1.36 bits per heavy atom. The van der Waals surface area contributed by atoms with Crippen LogP contribution >= 0.6 is 23.1 Å². The van der Waals surface area contributed by atoms with Gasteiger partial charge in [0.2, 0.25) is 5.91 Å². The van der Waals surface area contributed by atoms with Crippen molar-refractivity contribution < 1.29 is 4.79 Å². The van der Waals surface area contributed by atoms with Crippen LogP contribution < -0.4 is 4.90 Å². The summed E-state index contributed by atoms with van der Waals surface area (Å²) in [4.78, 5) is 26.3. The first-order chi connectivity index (χ1) is 13.6. The second-order valence-corrected chi connectivity index (χ2v) is 9.52. The maximum atomic E-state index is 12.9. The van der Waals surface area contributed by atoms with Gasteiger partial charge >= 0.3 is 0 Å². The number of fused-ring (bicyclic) bond motifs is 3. The topological polar surface area (TPSA) is 46.1 Å². The number of benzene rings is 1. The van der Waals surface area contributed by atoms with Gasteiger partial charge in [-0.25, -0.2) is 9.97 Å². The Morgan fingerprint density at radius 2 is 2.21 bits per heavy atom. The van der Waals surface area contributed by atoms with Gasteiger partial charge in [-0.3, -0.25) is 4.79 Å². The van der Waals surface area contributed by atoms with Crippen molar-refractivity contribution in [3.05, 3.63) is 46.6 Å². The van der Waals surface area contributed by atoms with Crippen molar-refractivity contribution in [2.45, 2.75) is 45.1 Å². The number of amides is 1. The van der Waals surface area contributed by atoms with Crippen molar-refractivity contribution in [2.24, 2.45) is 5.92 Å². The standard InChI is InChI=1S/C22H25N3OS2/c1-4-25(16-7-5-6-14(2)10-16)19(26)12-27-21-20-17-9-8-15(3)11-18(17)28-22(20)24-13-23-21/h5-7,10,13,15H,4,8-9,11-12H2,1-3H3. The van der Waals surface area contributed by atoms with Crippen LogP contribution in [0.1, 0.15) is 36.3 Å². The molecule has 1 aliphatic rings. The Balaban J connectivity index is 1.56. The SMILES string of the molecule is CCN(C(=O)CSc1ncnc2sc3c(c12)CCC(C)C3)c1cccc(C)c1. The quantitative estimate of drug-likeness (QED) is 0.424. The minimum atomic E-state index is 0.114. The van der Waals surface area contributed by atoms with E-state index in [0.29, 0.717) is 12.3 Å². The monoisotopic (exact) mass is 411 g/mol. The Hall–Kier alpha value is -1.92. The van der Waals surface area contributed by atoms with Gasteiger partial charge < -0.3 is 4.90 Å². The summed E-state index contributed by atoms with van der Waals surface area (Å²) in [6.07, 6.45) is 5.08.